The maximum absolute atomic E-state index is 12.7. The number of hydrogen-bond acceptors (Lipinski definition) is 5. The second kappa shape index (κ2) is 8.10. The molecule has 2 aromatic rings. The highest BCUT2D eigenvalue weighted by molar-refractivity contribution is 7.17. The molecule has 2 heterocycles. The van der Waals surface area contributed by atoms with Gasteiger partial charge in [0.25, 0.3) is 5.91 Å². The third kappa shape index (κ3) is 3.99. The van der Waals surface area contributed by atoms with E-state index in [0.29, 0.717) is 27.9 Å². The summed E-state index contributed by atoms with van der Waals surface area (Å²) in [4.78, 5) is 27.7. The van der Waals surface area contributed by atoms with Crippen molar-refractivity contribution in [1.29, 1.82) is 0 Å². The first-order chi connectivity index (χ1) is 12.9. The molecule has 0 aliphatic carbocycles. The number of esters is 1. The number of nitrogens with one attached hydrogen (secondary N) is 2. The smallest absolute Gasteiger partial charge is 0.341 e. The van der Waals surface area contributed by atoms with Crippen LogP contribution in [0.25, 0.3) is 0 Å². The van der Waals surface area contributed by atoms with Crippen LogP contribution in [0.5, 0.6) is 5.75 Å². The standard InChI is InChI=1S/C20H24N2O4S/c1-12(2)22-10-9-15-16(11-22)27-19(17(15)20(24)26-4)21-18(23)13-5-7-14(25-3)8-6-13/h5-8,12H,9-11H2,1-4H3,(H,21,23)/p+1. The van der Waals surface area contributed by atoms with E-state index in [0.717, 1.165) is 30.0 Å². The van der Waals surface area contributed by atoms with Gasteiger partial charge in [0.05, 0.1) is 37.2 Å². The average Bonchev–Trinajstić information content (AvgIpc) is 3.04. The van der Waals surface area contributed by atoms with Crippen LogP contribution < -0.4 is 15.0 Å². The second-order valence-corrected chi connectivity index (χ2v) is 7.98. The van der Waals surface area contributed by atoms with E-state index in [1.165, 1.54) is 23.3 Å². The van der Waals surface area contributed by atoms with Crippen molar-refractivity contribution < 1.29 is 24.0 Å². The monoisotopic (exact) mass is 389 g/mol. The molecule has 1 aromatic carbocycles. The Morgan fingerprint density at radius 2 is 1.89 bits per heavy atom. The molecule has 2 N–H and O–H groups in total. The SMILES string of the molecule is COC(=O)c1c(NC(=O)c2ccc(OC)cc2)sc2c1CC[NH+](C(C)C)C2. The molecule has 1 aliphatic heterocycles. The number of benzene rings is 1. The van der Waals surface area contributed by atoms with Crippen LogP contribution in [-0.4, -0.2) is 38.7 Å². The number of amides is 1. The number of anilines is 1. The van der Waals surface area contributed by atoms with Crippen molar-refractivity contribution in [2.75, 3.05) is 26.1 Å². The fourth-order valence-electron chi connectivity index (χ4n) is 3.32. The molecule has 1 atom stereocenters. The molecule has 27 heavy (non-hydrogen) atoms. The first-order valence-electron chi connectivity index (χ1n) is 8.97. The number of thiophene rings is 1. The summed E-state index contributed by atoms with van der Waals surface area (Å²) in [5, 5.41) is 3.48. The number of carbonyl (C=O) groups excluding carboxylic acids is 2. The molecule has 3 rings (SSSR count). The molecule has 1 aromatic heterocycles. The zero-order chi connectivity index (χ0) is 19.6. The van der Waals surface area contributed by atoms with Gasteiger partial charge in [0.2, 0.25) is 0 Å². The fraction of sp³-hybridized carbons (Fsp3) is 0.400. The van der Waals surface area contributed by atoms with Crippen molar-refractivity contribution in [1.82, 2.24) is 0 Å². The van der Waals surface area contributed by atoms with E-state index in [2.05, 4.69) is 19.2 Å². The Morgan fingerprint density at radius 3 is 2.48 bits per heavy atom. The van der Waals surface area contributed by atoms with Gasteiger partial charge in [-0.25, -0.2) is 4.79 Å². The van der Waals surface area contributed by atoms with E-state index < -0.39 is 5.97 Å². The summed E-state index contributed by atoms with van der Waals surface area (Å²) in [6.45, 7) is 6.22. The molecule has 0 saturated carbocycles. The van der Waals surface area contributed by atoms with Crippen molar-refractivity contribution in [2.24, 2.45) is 0 Å². The zero-order valence-corrected chi connectivity index (χ0v) is 16.9. The van der Waals surface area contributed by atoms with Crippen LogP contribution in [0.1, 0.15) is 45.0 Å². The molecule has 0 radical (unpaired) electrons. The lowest BCUT2D eigenvalue weighted by molar-refractivity contribution is -0.936. The third-order valence-electron chi connectivity index (χ3n) is 4.96. The highest BCUT2D eigenvalue weighted by atomic mass is 32.1. The molecule has 0 fully saturated rings. The Morgan fingerprint density at radius 1 is 1.19 bits per heavy atom. The topological polar surface area (TPSA) is 69.1 Å². The first kappa shape index (κ1) is 19.4. The van der Waals surface area contributed by atoms with Gasteiger partial charge < -0.3 is 19.7 Å². The van der Waals surface area contributed by atoms with Gasteiger partial charge in [-0.1, -0.05) is 0 Å². The van der Waals surface area contributed by atoms with Crippen LogP contribution >= 0.6 is 11.3 Å². The van der Waals surface area contributed by atoms with Crippen molar-refractivity contribution in [3.8, 4) is 5.75 Å². The summed E-state index contributed by atoms with van der Waals surface area (Å²) in [5.41, 5.74) is 2.02. The predicted octanol–water partition coefficient (Wildman–Crippen LogP) is 2.14. The van der Waals surface area contributed by atoms with Crippen LogP contribution in [0.15, 0.2) is 24.3 Å². The third-order valence-corrected chi connectivity index (χ3v) is 6.11. The highest BCUT2D eigenvalue weighted by Crippen LogP contribution is 2.35. The fourth-order valence-corrected chi connectivity index (χ4v) is 4.60. The minimum absolute atomic E-state index is 0.255. The van der Waals surface area contributed by atoms with Crippen molar-refractivity contribution in [3.05, 3.63) is 45.8 Å². The van der Waals surface area contributed by atoms with Crippen molar-refractivity contribution >= 4 is 28.2 Å². The van der Waals surface area contributed by atoms with E-state index in [-0.39, 0.29) is 5.91 Å². The number of fused-ring (bicyclic) bond motifs is 1. The molecular weight excluding hydrogens is 364 g/mol. The van der Waals surface area contributed by atoms with Crippen LogP contribution in [0.4, 0.5) is 5.00 Å². The van der Waals surface area contributed by atoms with E-state index in [9.17, 15) is 9.59 Å². The summed E-state index contributed by atoms with van der Waals surface area (Å²) < 4.78 is 10.1. The Hall–Kier alpha value is -2.38. The Kier molecular flexibility index (Phi) is 5.82. The van der Waals surface area contributed by atoms with Crippen LogP contribution in [0.2, 0.25) is 0 Å². The summed E-state index contributed by atoms with van der Waals surface area (Å²) >= 11 is 1.48. The minimum atomic E-state index is -0.398. The maximum Gasteiger partial charge on any atom is 0.341 e. The molecule has 0 spiro atoms. The summed E-state index contributed by atoms with van der Waals surface area (Å²) in [6, 6.07) is 7.38. The maximum atomic E-state index is 12.7. The number of hydrogen-bond donors (Lipinski definition) is 2. The number of carbonyl (C=O) groups is 2. The van der Waals surface area contributed by atoms with Gasteiger partial charge in [0.1, 0.15) is 17.3 Å². The molecule has 144 valence electrons. The van der Waals surface area contributed by atoms with Gasteiger partial charge in [-0.2, -0.15) is 0 Å². The van der Waals surface area contributed by atoms with Crippen LogP contribution in [0, 0.1) is 0 Å². The number of ether oxygens (including phenoxy) is 2. The van der Waals surface area contributed by atoms with Gasteiger partial charge >= 0.3 is 5.97 Å². The molecule has 1 aliphatic rings. The zero-order valence-electron chi connectivity index (χ0n) is 16.0. The van der Waals surface area contributed by atoms with Crippen LogP contribution in [-0.2, 0) is 17.7 Å². The lowest BCUT2D eigenvalue weighted by atomic mass is 10.0. The molecule has 7 heteroatoms. The second-order valence-electron chi connectivity index (χ2n) is 6.87. The van der Waals surface area contributed by atoms with Gasteiger partial charge in [-0.05, 0) is 43.7 Å². The van der Waals surface area contributed by atoms with Gasteiger partial charge in [0.15, 0.2) is 0 Å². The Bertz CT molecular complexity index is 842. The minimum Gasteiger partial charge on any atom is -0.497 e. The number of methoxy groups -OCH3 is 2. The molecule has 6 nitrogen and oxygen atoms in total. The molecule has 0 saturated heterocycles. The van der Waals surface area contributed by atoms with E-state index in [1.54, 1.807) is 31.4 Å². The van der Waals surface area contributed by atoms with E-state index >= 15 is 0 Å². The molecular formula is C20H25N2O4S+. The molecule has 1 unspecified atom stereocenters. The van der Waals surface area contributed by atoms with Crippen molar-refractivity contribution in [3.63, 3.8) is 0 Å². The average molecular weight is 389 g/mol. The molecule has 1 amide bonds. The predicted molar refractivity (Wildman–Crippen MR) is 105 cm³/mol. The summed E-state index contributed by atoms with van der Waals surface area (Å²) in [6.07, 6.45) is 0.808. The normalized spacial score (nSPS) is 16.0. The van der Waals surface area contributed by atoms with Crippen molar-refractivity contribution in [2.45, 2.75) is 32.9 Å². The van der Waals surface area contributed by atoms with Gasteiger partial charge in [0, 0.05) is 12.0 Å². The molecule has 0 bridgehead atoms. The lowest BCUT2D eigenvalue weighted by Gasteiger charge is -2.27. The summed E-state index contributed by atoms with van der Waals surface area (Å²) in [7, 11) is 2.95. The van der Waals surface area contributed by atoms with Gasteiger partial charge in [-0.3, -0.25) is 4.79 Å². The summed E-state index contributed by atoms with van der Waals surface area (Å²) in [5.74, 6) is 0.0325. The quantitative estimate of drug-likeness (QED) is 0.769. The van der Waals surface area contributed by atoms with E-state index in [1.807, 2.05) is 0 Å². The highest BCUT2D eigenvalue weighted by Gasteiger charge is 2.32. The number of rotatable bonds is 5. The lowest BCUT2D eigenvalue weighted by Crippen LogP contribution is -3.14. The van der Waals surface area contributed by atoms with Gasteiger partial charge in [-0.15, -0.1) is 11.3 Å². The Labute approximate surface area is 163 Å². The van der Waals surface area contributed by atoms with Crippen LogP contribution in [0.3, 0.4) is 0 Å². The first-order valence-corrected chi connectivity index (χ1v) is 9.79. The Balaban J connectivity index is 1.90. The van der Waals surface area contributed by atoms with E-state index in [4.69, 9.17) is 9.47 Å². The largest absolute Gasteiger partial charge is 0.497 e. The number of quaternary nitrogens is 1.